The molecular weight excluding hydrogens is 274 g/mol. The van der Waals surface area contributed by atoms with Crippen molar-refractivity contribution in [3.63, 3.8) is 0 Å². The summed E-state index contributed by atoms with van der Waals surface area (Å²) < 4.78 is 5.76. The van der Waals surface area contributed by atoms with Crippen LogP contribution in [0.15, 0.2) is 76.3 Å². The number of nitrogens with zero attached hydrogens (tertiary/aromatic N) is 2. The van der Waals surface area contributed by atoms with Gasteiger partial charge < -0.3 is 9.40 Å². The Bertz CT molecular complexity index is 886. The Kier molecular flexibility index (Phi) is 3.05. The Morgan fingerprint density at radius 3 is 2.59 bits per heavy atom. The van der Waals surface area contributed by atoms with Crippen LogP contribution in [0.3, 0.4) is 0 Å². The molecule has 0 aliphatic rings. The average molecular weight is 287 g/mol. The number of aromatic nitrogens is 2. The smallest absolute Gasteiger partial charge is 0.227 e. The molecule has 0 spiro atoms. The number of hydrogen-bond donors (Lipinski definition) is 1. The van der Waals surface area contributed by atoms with Crippen molar-refractivity contribution >= 4 is 23.0 Å². The zero-order valence-electron chi connectivity index (χ0n) is 11.7. The van der Waals surface area contributed by atoms with Crippen LogP contribution in [-0.4, -0.2) is 16.2 Å². The lowest BCUT2D eigenvalue weighted by atomic mass is 10.2. The van der Waals surface area contributed by atoms with Crippen LogP contribution in [0.25, 0.3) is 22.6 Å². The first-order valence-electron chi connectivity index (χ1n) is 7.02. The molecule has 0 radical (unpaired) electrons. The lowest BCUT2D eigenvalue weighted by molar-refractivity contribution is 0.620. The Balaban J connectivity index is 1.61. The topological polar surface area (TPSA) is 54.2 Å². The Hall–Kier alpha value is -3.14. The fraction of sp³-hybridized carbons (Fsp3) is 0. The summed E-state index contributed by atoms with van der Waals surface area (Å²) in [6, 6.07) is 19.5. The molecule has 22 heavy (non-hydrogen) atoms. The van der Waals surface area contributed by atoms with Crippen LogP contribution in [0.2, 0.25) is 0 Å². The lowest BCUT2D eigenvalue weighted by Gasteiger charge is -1.96. The van der Waals surface area contributed by atoms with Crippen molar-refractivity contribution in [3.05, 3.63) is 72.6 Å². The zero-order chi connectivity index (χ0) is 14.8. The van der Waals surface area contributed by atoms with Crippen LogP contribution in [0, 0.1) is 0 Å². The van der Waals surface area contributed by atoms with Crippen molar-refractivity contribution < 1.29 is 4.42 Å². The second-order valence-electron chi connectivity index (χ2n) is 4.92. The molecule has 0 bridgehead atoms. The molecule has 2 heterocycles. The number of nitrogens with one attached hydrogen (secondary N) is 1. The third kappa shape index (κ3) is 2.42. The van der Waals surface area contributed by atoms with Gasteiger partial charge in [-0.15, -0.1) is 0 Å². The van der Waals surface area contributed by atoms with Crippen molar-refractivity contribution in [2.24, 2.45) is 4.99 Å². The first-order valence-corrected chi connectivity index (χ1v) is 7.02. The molecule has 0 aliphatic carbocycles. The van der Waals surface area contributed by atoms with Crippen LogP contribution >= 0.6 is 0 Å². The number of para-hydroxylation sites is 2. The quantitative estimate of drug-likeness (QED) is 0.561. The average Bonchev–Trinajstić information content (AvgIpc) is 3.22. The standard InChI is InChI=1S/C18H13N3O/c1-2-6-17-16(5-1)21-18(22-17)13-7-9-14(10-8-13)20-12-15-4-3-11-19-15/h1-12,19H. The highest BCUT2D eigenvalue weighted by atomic mass is 16.3. The minimum absolute atomic E-state index is 0.626. The molecule has 2 aromatic heterocycles. The van der Waals surface area contributed by atoms with E-state index in [2.05, 4.69) is 15.0 Å². The molecule has 4 rings (SSSR count). The SMILES string of the molecule is C(=Nc1ccc(-c2nc3ccccc3o2)cc1)c1ccc[nH]1. The minimum Gasteiger partial charge on any atom is -0.436 e. The van der Waals surface area contributed by atoms with Crippen LogP contribution in [0.5, 0.6) is 0 Å². The molecule has 0 aliphatic heterocycles. The lowest BCUT2D eigenvalue weighted by Crippen LogP contribution is -1.79. The van der Waals surface area contributed by atoms with Gasteiger partial charge in [0.1, 0.15) is 5.52 Å². The number of fused-ring (bicyclic) bond motifs is 1. The molecule has 4 heteroatoms. The fourth-order valence-electron chi connectivity index (χ4n) is 2.25. The van der Waals surface area contributed by atoms with E-state index in [9.17, 15) is 0 Å². The molecular formula is C18H13N3O. The third-order valence-corrected chi connectivity index (χ3v) is 3.38. The summed E-state index contributed by atoms with van der Waals surface area (Å²) in [5, 5.41) is 0. The highest BCUT2D eigenvalue weighted by Crippen LogP contribution is 2.25. The number of H-pyrrole nitrogens is 1. The maximum atomic E-state index is 5.76. The van der Waals surface area contributed by atoms with Crippen LogP contribution in [0.4, 0.5) is 5.69 Å². The van der Waals surface area contributed by atoms with Crippen molar-refractivity contribution in [1.29, 1.82) is 0 Å². The Morgan fingerprint density at radius 2 is 1.82 bits per heavy atom. The number of hydrogen-bond acceptors (Lipinski definition) is 3. The summed E-state index contributed by atoms with van der Waals surface area (Å²) in [6.07, 6.45) is 3.67. The van der Waals surface area contributed by atoms with Gasteiger partial charge in [0, 0.05) is 11.8 Å². The largest absolute Gasteiger partial charge is 0.436 e. The van der Waals surface area contributed by atoms with E-state index in [0.29, 0.717) is 5.89 Å². The van der Waals surface area contributed by atoms with Gasteiger partial charge in [-0.25, -0.2) is 4.98 Å². The molecule has 0 unspecified atom stereocenters. The first-order chi connectivity index (χ1) is 10.9. The van der Waals surface area contributed by atoms with Crippen LogP contribution in [0.1, 0.15) is 5.69 Å². The molecule has 4 aromatic rings. The first kappa shape index (κ1) is 12.6. The number of aromatic amines is 1. The zero-order valence-corrected chi connectivity index (χ0v) is 11.7. The normalized spacial score (nSPS) is 11.5. The van der Waals surface area contributed by atoms with Gasteiger partial charge in [0.25, 0.3) is 0 Å². The van der Waals surface area contributed by atoms with Gasteiger partial charge in [-0.1, -0.05) is 12.1 Å². The predicted molar refractivity (Wildman–Crippen MR) is 87.5 cm³/mol. The van der Waals surface area contributed by atoms with Crippen LogP contribution < -0.4 is 0 Å². The van der Waals surface area contributed by atoms with E-state index in [1.54, 1.807) is 6.21 Å². The summed E-state index contributed by atoms with van der Waals surface area (Å²) in [7, 11) is 0. The molecule has 0 amide bonds. The van der Waals surface area contributed by atoms with E-state index in [4.69, 9.17) is 4.42 Å². The van der Waals surface area contributed by atoms with Gasteiger partial charge in [0.15, 0.2) is 5.58 Å². The van der Waals surface area contributed by atoms with Crippen molar-refractivity contribution in [2.75, 3.05) is 0 Å². The predicted octanol–water partition coefficient (Wildman–Crippen LogP) is 4.57. The van der Waals surface area contributed by atoms with Gasteiger partial charge >= 0.3 is 0 Å². The summed E-state index contributed by atoms with van der Waals surface area (Å²) in [5.41, 5.74) is 4.46. The third-order valence-electron chi connectivity index (χ3n) is 3.38. The minimum atomic E-state index is 0.626. The second-order valence-corrected chi connectivity index (χ2v) is 4.92. The summed E-state index contributed by atoms with van der Waals surface area (Å²) in [5.74, 6) is 0.626. The van der Waals surface area contributed by atoms with Gasteiger partial charge in [0.05, 0.1) is 17.6 Å². The van der Waals surface area contributed by atoms with E-state index in [0.717, 1.165) is 28.0 Å². The van der Waals surface area contributed by atoms with Crippen molar-refractivity contribution in [3.8, 4) is 11.5 Å². The maximum Gasteiger partial charge on any atom is 0.227 e. The molecule has 4 nitrogen and oxygen atoms in total. The van der Waals surface area contributed by atoms with Gasteiger partial charge in [-0.2, -0.15) is 0 Å². The monoisotopic (exact) mass is 287 g/mol. The van der Waals surface area contributed by atoms with Gasteiger partial charge in [-0.05, 0) is 48.5 Å². The fourth-order valence-corrected chi connectivity index (χ4v) is 2.25. The number of oxazole rings is 1. The summed E-state index contributed by atoms with van der Waals surface area (Å²) in [6.45, 7) is 0. The van der Waals surface area contributed by atoms with E-state index in [-0.39, 0.29) is 0 Å². The molecule has 106 valence electrons. The van der Waals surface area contributed by atoms with E-state index < -0.39 is 0 Å². The Labute approximate surface area is 127 Å². The summed E-state index contributed by atoms with van der Waals surface area (Å²) in [4.78, 5) is 12.0. The van der Waals surface area contributed by atoms with E-state index in [1.807, 2.05) is 66.9 Å². The second kappa shape index (κ2) is 5.33. The Morgan fingerprint density at radius 1 is 0.955 bits per heavy atom. The maximum absolute atomic E-state index is 5.76. The molecule has 0 saturated carbocycles. The van der Waals surface area contributed by atoms with Crippen molar-refractivity contribution in [1.82, 2.24) is 9.97 Å². The number of aliphatic imine (C=N–C) groups is 1. The number of rotatable bonds is 3. The molecule has 0 fully saturated rings. The van der Waals surface area contributed by atoms with Crippen molar-refractivity contribution in [2.45, 2.75) is 0 Å². The van der Waals surface area contributed by atoms with E-state index >= 15 is 0 Å². The molecule has 1 N–H and O–H groups in total. The van der Waals surface area contributed by atoms with Gasteiger partial charge in [0.2, 0.25) is 5.89 Å². The van der Waals surface area contributed by atoms with Crippen LogP contribution in [-0.2, 0) is 0 Å². The highest BCUT2D eigenvalue weighted by molar-refractivity contribution is 5.80. The molecule has 2 aromatic carbocycles. The molecule has 0 atom stereocenters. The number of benzene rings is 2. The van der Waals surface area contributed by atoms with E-state index in [1.165, 1.54) is 0 Å². The molecule has 0 saturated heterocycles. The highest BCUT2D eigenvalue weighted by Gasteiger charge is 2.07. The van der Waals surface area contributed by atoms with Gasteiger partial charge in [-0.3, -0.25) is 4.99 Å². The summed E-state index contributed by atoms with van der Waals surface area (Å²) >= 11 is 0.